The lowest BCUT2D eigenvalue weighted by molar-refractivity contribution is 0.0840. The fraction of sp³-hybridized carbons (Fsp3) is 0.333. The summed E-state index contributed by atoms with van der Waals surface area (Å²) in [6, 6.07) is 12.9. The average Bonchev–Trinajstić information content (AvgIpc) is 3.17. The van der Waals surface area contributed by atoms with E-state index >= 15 is 0 Å². The van der Waals surface area contributed by atoms with Gasteiger partial charge in [0.25, 0.3) is 5.91 Å². The summed E-state index contributed by atoms with van der Waals surface area (Å²) in [6.07, 6.45) is 1.08. The van der Waals surface area contributed by atoms with Gasteiger partial charge in [0.05, 0.1) is 6.61 Å². The molecule has 6 heteroatoms. The summed E-state index contributed by atoms with van der Waals surface area (Å²) in [7, 11) is 0. The summed E-state index contributed by atoms with van der Waals surface area (Å²) in [5.74, 6) is 6.33. The van der Waals surface area contributed by atoms with Crippen molar-refractivity contribution in [3.63, 3.8) is 0 Å². The number of nitrogens with zero attached hydrogens (tertiary/aromatic N) is 1. The lowest BCUT2D eigenvalue weighted by Gasteiger charge is -2.31. The number of ether oxygens (including phenoxy) is 1. The van der Waals surface area contributed by atoms with E-state index in [-0.39, 0.29) is 23.8 Å². The molecule has 1 aliphatic rings. The lowest BCUT2D eigenvalue weighted by atomic mass is 10.1. The van der Waals surface area contributed by atoms with Gasteiger partial charge in [0, 0.05) is 24.7 Å². The van der Waals surface area contributed by atoms with Crippen molar-refractivity contribution in [1.29, 1.82) is 0 Å². The maximum atomic E-state index is 12.4. The van der Waals surface area contributed by atoms with Crippen LogP contribution in [0, 0.1) is 11.8 Å². The van der Waals surface area contributed by atoms with Crippen LogP contribution < -0.4 is 5.32 Å². The number of carbonyl (C=O) groups is 2. The third kappa shape index (κ3) is 5.14. The van der Waals surface area contributed by atoms with Crippen LogP contribution in [-0.4, -0.2) is 42.6 Å². The topological polar surface area (TPSA) is 71.8 Å². The third-order valence-corrected chi connectivity index (χ3v) is 4.29. The van der Waals surface area contributed by atoms with Crippen LogP contribution in [0.4, 0.5) is 4.79 Å². The predicted molar refractivity (Wildman–Crippen MR) is 100 cm³/mol. The first-order valence-electron chi connectivity index (χ1n) is 9.05. The summed E-state index contributed by atoms with van der Waals surface area (Å²) in [5, 5.41) is 2.95. The molecule has 0 aliphatic carbocycles. The van der Waals surface area contributed by atoms with E-state index in [4.69, 9.17) is 9.15 Å². The Bertz CT molecular complexity index is 840. The Morgan fingerprint density at radius 3 is 2.59 bits per heavy atom. The van der Waals surface area contributed by atoms with Crippen molar-refractivity contribution in [3.8, 4) is 11.8 Å². The number of piperidine rings is 1. The second kappa shape index (κ2) is 8.95. The molecular weight excluding hydrogens is 344 g/mol. The molecule has 1 N–H and O–H groups in total. The Morgan fingerprint density at radius 2 is 1.89 bits per heavy atom. The number of likely N-dealkylation sites (tertiary alicyclic amines) is 1. The fourth-order valence-corrected chi connectivity index (χ4v) is 2.86. The van der Waals surface area contributed by atoms with E-state index in [1.165, 1.54) is 0 Å². The molecular formula is C21H22N2O4. The summed E-state index contributed by atoms with van der Waals surface area (Å²) in [4.78, 5) is 25.7. The van der Waals surface area contributed by atoms with E-state index in [1.807, 2.05) is 30.3 Å². The SMILES string of the molecule is CCOC(=O)N1CCC(NC(=O)c2ccc(C#Cc3ccccc3)o2)CC1. The molecule has 0 spiro atoms. The van der Waals surface area contributed by atoms with Crippen LogP contribution in [-0.2, 0) is 4.74 Å². The molecule has 6 nitrogen and oxygen atoms in total. The quantitative estimate of drug-likeness (QED) is 0.848. The van der Waals surface area contributed by atoms with Gasteiger partial charge in [0.15, 0.2) is 11.5 Å². The fourth-order valence-electron chi connectivity index (χ4n) is 2.86. The summed E-state index contributed by atoms with van der Waals surface area (Å²) < 4.78 is 10.5. The first-order chi connectivity index (χ1) is 13.2. The number of nitrogens with one attached hydrogen (secondary N) is 1. The molecule has 27 heavy (non-hydrogen) atoms. The predicted octanol–water partition coefficient (Wildman–Crippen LogP) is 3.03. The minimum Gasteiger partial charge on any atom is -0.450 e. The van der Waals surface area contributed by atoms with Gasteiger partial charge in [-0.05, 0) is 50.0 Å². The molecule has 0 saturated carbocycles. The first-order valence-corrected chi connectivity index (χ1v) is 9.05. The van der Waals surface area contributed by atoms with Gasteiger partial charge in [0.2, 0.25) is 0 Å². The van der Waals surface area contributed by atoms with E-state index < -0.39 is 0 Å². The third-order valence-electron chi connectivity index (χ3n) is 4.29. The maximum Gasteiger partial charge on any atom is 0.409 e. The van der Waals surface area contributed by atoms with Gasteiger partial charge in [-0.2, -0.15) is 0 Å². The Labute approximate surface area is 158 Å². The lowest BCUT2D eigenvalue weighted by Crippen LogP contribution is -2.46. The highest BCUT2D eigenvalue weighted by atomic mass is 16.6. The number of benzene rings is 1. The van der Waals surface area contributed by atoms with Gasteiger partial charge < -0.3 is 19.4 Å². The van der Waals surface area contributed by atoms with Crippen molar-refractivity contribution in [3.05, 3.63) is 59.5 Å². The van der Waals surface area contributed by atoms with Gasteiger partial charge in [-0.15, -0.1) is 0 Å². The standard InChI is InChI=1S/C21H22N2O4/c1-2-26-21(25)23-14-12-17(13-15-23)22-20(24)19-11-10-18(27-19)9-8-16-6-4-3-5-7-16/h3-7,10-11,17H,2,12-15H2,1H3,(H,22,24). The summed E-state index contributed by atoms with van der Waals surface area (Å²) in [6.45, 7) is 3.28. The summed E-state index contributed by atoms with van der Waals surface area (Å²) in [5.41, 5.74) is 0.883. The molecule has 2 amide bonds. The van der Waals surface area contributed by atoms with E-state index in [1.54, 1.807) is 24.0 Å². The Kier molecular flexibility index (Phi) is 6.16. The van der Waals surface area contributed by atoms with Crippen molar-refractivity contribution < 1.29 is 18.7 Å². The van der Waals surface area contributed by atoms with Gasteiger partial charge in [-0.25, -0.2) is 4.79 Å². The van der Waals surface area contributed by atoms with Gasteiger partial charge in [0.1, 0.15) is 0 Å². The monoisotopic (exact) mass is 366 g/mol. The van der Waals surface area contributed by atoms with Crippen molar-refractivity contribution >= 4 is 12.0 Å². The van der Waals surface area contributed by atoms with Crippen LogP contribution >= 0.6 is 0 Å². The van der Waals surface area contributed by atoms with Crippen molar-refractivity contribution in [2.24, 2.45) is 0 Å². The normalized spacial score (nSPS) is 14.2. The Hall–Kier alpha value is -3.20. The molecule has 0 unspecified atom stereocenters. The second-order valence-electron chi connectivity index (χ2n) is 6.21. The number of furan rings is 1. The zero-order valence-corrected chi connectivity index (χ0v) is 15.2. The van der Waals surface area contributed by atoms with E-state index in [2.05, 4.69) is 17.2 Å². The largest absolute Gasteiger partial charge is 0.450 e. The highest BCUT2D eigenvalue weighted by molar-refractivity contribution is 5.91. The van der Waals surface area contributed by atoms with E-state index in [0.29, 0.717) is 38.3 Å². The van der Waals surface area contributed by atoms with E-state index in [0.717, 1.165) is 5.56 Å². The molecule has 2 aromatic rings. The average molecular weight is 366 g/mol. The molecule has 140 valence electrons. The minimum absolute atomic E-state index is 0.00660. The molecule has 1 aliphatic heterocycles. The van der Waals surface area contributed by atoms with Crippen molar-refractivity contribution in [2.45, 2.75) is 25.8 Å². The molecule has 0 atom stereocenters. The molecule has 1 saturated heterocycles. The number of carbonyl (C=O) groups excluding carboxylic acids is 2. The smallest absolute Gasteiger partial charge is 0.409 e. The number of rotatable bonds is 3. The maximum absolute atomic E-state index is 12.4. The van der Waals surface area contributed by atoms with Crippen LogP contribution in [0.2, 0.25) is 0 Å². The van der Waals surface area contributed by atoms with Gasteiger partial charge in [-0.1, -0.05) is 24.1 Å². The molecule has 0 bridgehead atoms. The molecule has 3 rings (SSSR count). The van der Waals surface area contributed by atoms with Gasteiger partial charge in [-0.3, -0.25) is 4.79 Å². The van der Waals surface area contributed by atoms with Crippen LogP contribution in [0.3, 0.4) is 0 Å². The number of amides is 2. The van der Waals surface area contributed by atoms with Crippen LogP contribution in [0.5, 0.6) is 0 Å². The zero-order chi connectivity index (χ0) is 19.1. The molecule has 1 aromatic carbocycles. The molecule has 2 heterocycles. The number of hydrogen-bond donors (Lipinski definition) is 1. The Morgan fingerprint density at radius 1 is 1.15 bits per heavy atom. The van der Waals surface area contributed by atoms with Gasteiger partial charge >= 0.3 is 6.09 Å². The minimum atomic E-state index is -0.296. The molecule has 1 aromatic heterocycles. The van der Waals surface area contributed by atoms with Crippen LogP contribution in [0.1, 0.15) is 41.6 Å². The Balaban J connectivity index is 1.52. The second-order valence-corrected chi connectivity index (χ2v) is 6.21. The van der Waals surface area contributed by atoms with Crippen LogP contribution in [0.15, 0.2) is 46.9 Å². The highest BCUT2D eigenvalue weighted by Crippen LogP contribution is 2.13. The van der Waals surface area contributed by atoms with Crippen molar-refractivity contribution in [2.75, 3.05) is 19.7 Å². The van der Waals surface area contributed by atoms with E-state index in [9.17, 15) is 9.59 Å². The molecule has 1 fully saturated rings. The van der Waals surface area contributed by atoms with Crippen LogP contribution in [0.25, 0.3) is 0 Å². The first kappa shape index (κ1) is 18.6. The van der Waals surface area contributed by atoms with Crippen molar-refractivity contribution in [1.82, 2.24) is 10.2 Å². The zero-order valence-electron chi connectivity index (χ0n) is 15.2. The summed E-state index contributed by atoms with van der Waals surface area (Å²) >= 11 is 0. The molecule has 0 radical (unpaired) electrons. The highest BCUT2D eigenvalue weighted by Gasteiger charge is 2.25. The number of hydrogen-bond acceptors (Lipinski definition) is 4.